The molecule has 0 saturated carbocycles. The molecule has 6 aromatic rings. The third kappa shape index (κ3) is 6.94. The summed E-state index contributed by atoms with van der Waals surface area (Å²) in [5, 5.41) is 13.7. The number of thiophene rings is 2. The van der Waals surface area contributed by atoms with Crippen molar-refractivity contribution in [3.8, 4) is 23.0 Å². The van der Waals surface area contributed by atoms with Crippen molar-refractivity contribution in [2.24, 2.45) is 0 Å². The Morgan fingerprint density at radius 2 is 1.14 bits per heavy atom. The Labute approximate surface area is 269 Å². The van der Waals surface area contributed by atoms with Crippen molar-refractivity contribution in [3.63, 3.8) is 0 Å². The molecule has 0 saturated heterocycles. The van der Waals surface area contributed by atoms with Crippen LogP contribution in [0.15, 0.2) is 91.3 Å². The Bertz CT molecular complexity index is 1940. The van der Waals surface area contributed by atoms with Crippen LogP contribution in [0.5, 0.6) is 23.0 Å². The zero-order chi connectivity index (χ0) is 31.2. The second kappa shape index (κ2) is 14.0. The molecule has 10 nitrogen and oxygen atoms in total. The Morgan fingerprint density at radius 1 is 0.682 bits per heavy atom. The van der Waals surface area contributed by atoms with Gasteiger partial charge in [0.2, 0.25) is 0 Å². The molecule has 2 aromatic carbocycles. The highest BCUT2D eigenvalue weighted by molar-refractivity contribution is 8.01. The van der Waals surface area contributed by atoms with Crippen LogP contribution in [0.2, 0.25) is 0 Å². The van der Waals surface area contributed by atoms with Crippen molar-refractivity contribution in [1.82, 2.24) is 9.97 Å². The van der Waals surface area contributed by atoms with Gasteiger partial charge in [0, 0.05) is 51.2 Å². The van der Waals surface area contributed by atoms with Gasteiger partial charge in [-0.05, 0) is 42.5 Å². The summed E-state index contributed by atoms with van der Waals surface area (Å²) >= 11 is 5.86. The number of nitrogens with two attached hydrogens (primary N) is 1. The molecule has 4 heterocycles. The number of nitrogens with zero attached hydrogens (tertiary/aromatic N) is 3. The Hall–Kier alpha value is -4.24. The van der Waals surface area contributed by atoms with Gasteiger partial charge in [0.1, 0.15) is 0 Å². The summed E-state index contributed by atoms with van der Waals surface area (Å²) in [6.45, 7) is 0. The highest BCUT2D eigenvalue weighted by atomic mass is 32.2. The molecular weight excluding hydrogens is 641 g/mol. The second-order valence-corrected chi connectivity index (χ2v) is 13.6. The summed E-state index contributed by atoms with van der Waals surface area (Å²) < 4.78 is 23.3. The van der Waals surface area contributed by atoms with Crippen LogP contribution in [-0.2, 0) is 0 Å². The van der Waals surface area contributed by atoms with Gasteiger partial charge in [0.15, 0.2) is 23.0 Å². The molecule has 0 unspecified atom stereocenters. The number of hydrogen-bond donors (Lipinski definition) is 1. The molecule has 226 valence electrons. The van der Waals surface area contributed by atoms with Gasteiger partial charge < -0.3 is 24.7 Å². The summed E-state index contributed by atoms with van der Waals surface area (Å²) in [5.41, 5.74) is 7.44. The normalized spacial score (nSPS) is 10.7. The van der Waals surface area contributed by atoms with E-state index < -0.39 is 0 Å². The molecule has 0 aliphatic rings. The van der Waals surface area contributed by atoms with Crippen molar-refractivity contribution < 1.29 is 23.9 Å². The zero-order valence-corrected chi connectivity index (χ0v) is 27.2. The SMILES string of the molecule is COc1cc2nccc(Sc3ccc(N)s3)c2cc1OC.COc1cc2nccc(Sc3ccc([N+](=O)[O-])s3)c2cc1OC. The number of benzene rings is 2. The summed E-state index contributed by atoms with van der Waals surface area (Å²) in [5.74, 6) is 2.61. The monoisotopic (exact) mass is 666 g/mol. The third-order valence-corrected chi connectivity index (χ3v) is 10.6. The molecule has 0 radical (unpaired) electrons. The highest BCUT2D eigenvalue weighted by Crippen LogP contribution is 2.42. The predicted molar refractivity (Wildman–Crippen MR) is 178 cm³/mol. The van der Waals surface area contributed by atoms with Gasteiger partial charge in [-0.25, -0.2) is 0 Å². The van der Waals surface area contributed by atoms with Gasteiger partial charge in [-0.15, -0.1) is 11.3 Å². The lowest BCUT2D eigenvalue weighted by Gasteiger charge is -2.10. The molecule has 0 atom stereocenters. The zero-order valence-electron chi connectivity index (χ0n) is 23.9. The predicted octanol–water partition coefficient (Wildman–Crippen LogP) is 8.42. The van der Waals surface area contributed by atoms with Crippen molar-refractivity contribution in [3.05, 3.63) is 83.2 Å². The number of hydrogen-bond acceptors (Lipinski definition) is 13. The lowest BCUT2D eigenvalue weighted by Crippen LogP contribution is -1.92. The second-order valence-electron chi connectivity index (χ2n) is 8.78. The minimum absolute atomic E-state index is 0.130. The Morgan fingerprint density at radius 3 is 1.55 bits per heavy atom. The molecule has 4 aromatic heterocycles. The molecule has 0 aliphatic heterocycles. The largest absolute Gasteiger partial charge is 0.493 e. The third-order valence-electron chi connectivity index (χ3n) is 6.18. The van der Waals surface area contributed by atoms with Crippen LogP contribution in [0.4, 0.5) is 10.0 Å². The van der Waals surface area contributed by atoms with Gasteiger partial charge in [-0.3, -0.25) is 20.1 Å². The van der Waals surface area contributed by atoms with Gasteiger partial charge in [0.05, 0.1) is 57.8 Å². The van der Waals surface area contributed by atoms with Crippen molar-refractivity contribution >= 4 is 78.0 Å². The number of rotatable bonds is 9. The number of nitro groups is 1. The molecule has 0 aliphatic carbocycles. The molecule has 0 spiro atoms. The first-order valence-electron chi connectivity index (χ1n) is 12.8. The molecule has 0 fully saturated rings. The number of anilines is 1. The van der Waals surface area contributed by atoms with Gasteiger partial charge >= 0.3 is 5.00 Å². The molecule has 0 amide bonds. The van der Waals surface area contributed by atoms with Gasteiger partial charge in [0.25, 0.3) is 0 Å². The molecular formula is C30H26N4O6S4. The summed E-state index contributed by atoms with van der Waals surface area (Å²) in [6.07, 6.45) is 3.51. The number of ether oxygens (including phenoxy) is 4. The highest BCUT2D eigenvalue weighted by Gasteiger charge is 2.15. The van der Waals surface area contributed by atoms with Crippen LogP contribution < -0.4 is 24.7 Å². The van der Waals surface area contributed by atoms with Crippen molar-refractivity contribution in [2.45, 2.75) is 18.2 Å². The van der Waals surface area contributed by atoms with Gasteiger partial charge in [-0.2, -0.15) is 0 Å². The quantitative estimate of drug-likeness (QED) is 0.118. The number of aromatic nitrogens is 2. The van der Waals surface area contributed by atoms with Crippen LogP contribution in [-0.4, -0.2) is 43.3 Å². The minimum Gasteiger partial charge on any atom is -0.493 e. The fourth-order valence-corrected chi connectivity index (χ4v) is 8.13. The standard InChI is InChI=1S/C15H12N2O4S2.C15H14N2O2S2/c1-20-11-7-9-10(8-12(11)21-2)16-6-5-13(9)22-15-4-3-14(23-15)17(18)19;1-18-11-7-9-10(8-12(11)19-2)17-6-5-13(9)20-15-4-3-14(16)21-15/h3-8H,1-2H3;3-8H,16H2,1-2H3. The first-order chi connectivity index (χ1) is 21.3. The van der Waals surface area contributed by atoms with E-state index in [4.69, 9.17) is 24.7 Å². The van der Waals surface area contributed by atoms with Crippen molar-refractivity contribution in [1.29, 1.82) is 0 Å². The lowest BCUT2D eigenvalue weighted by atomic mass is 10.2. The first-order valence-corrected chi connectivity index (χ1v) is 16.1. The molecule has 0 bridgehead atoms. The van der Waals surface area contributed by atoms with E-state index in [2.05, 4.69) is 9.97 Å². The van der Waals surface area contributed by atoms with E-state index in [0.717, 1.165) is 56.4 Å². The minimum atomic E-state index is -0.382. The smallest absolute Gasteiger partial charge is 0.325 e. The fraction of sp³-hybridized carbons (Fsp3) is 0.133. The van der Waals surface area contributed by atoms with E-state index in [9.17, 15) is 10.1 Å². The molecule has 14 heteroatoms. The van der Waals surface area contributed by atoms with E-state index in [1.165, 1.54) is 17.8 Å². The molecule has 44 heavy (non-hydrogen) atoms. The van der Waals surface area contributed by atoms with Crippen molar-refractivity contribution in [2.75, 3.05) is 34.2 Å². The number of methoxy groups -OCH3 is 4. The van der Waals surface area contributed by atoms with E-state index >= 15 is 0 Å². The average molecular weight is 667 g/mol. The topological polar surface area (TPSA) is 132 Å². The van der Waals surface area contributed by atoms with E-state index in [0.29, 0.717) is 23.0 Å². The lowest BCUT2D eigenvalue weighted by molar-refractivity contribution is -0.380. The fourth-order valence-electron chi connectivity index (χ4n) is 4.14. The van der Waals surface area contributed by atoms with E-state index in [-0.39, 0.29) is 9.92 Å². The maximum atomic E-state index is 10.8. The number of nitrogen functional groups attached to an aromatic ring is 1. The number of pyridine rings is 2. The van der Waals surface area contributed by atoms with Crippen LogP contribution in [0.1, 0.15) is 0 Å². The Balaban J connectivity index is 0.000000175. The van der Waals surface area contributed by atoms with Crippen LogP contribution in [0, 0.1) is 10.1 Å². The summed E-state index contributed by atoms with van der Waals surface area (Å²) in [6, 6.07) is 18.6. The molecule has 2 N–H and O–H groups in total. The Kier molecular flexibility index (Phi) is 9.95. The average Bonchev–Trinajstić information content (AvgIpc) is 3.69. The van der Waals surface area contributed by atoms with Crippen LogP contribution in [0.3, 0.4) is 0 Å². The first kappa shape index (κ1) is 31.2. The maximum Gasteiger partial charge on any atom is 0.325 e. The molecule has 6 rings (SSSR count). The summed E-state index contributed by atoms with van der Waals surface area (Å²) in [7, 11) is 6.41. The van der Waals surface area contributed by atoms with Crippen LogP contribution >= 0.6 is 46.2 Å². The number of fused-ring (bicyclic) bond motifs is 2. The van der Waals surface area contributed by atoms with Gasteiger partial charge in [-0.1, -0.05) is 34.9 Å². The van der Waals surface area contributed by atoms with E-state index in [1.807, 2.05) is 48.5 Å². The summed E-state index contributed by atoms with van der Waals surface area (Å²) in [4.78, 5) is 21.2. The van der Waals surface area contributed by atoms with Crippen LogP contribution in [0.25, 0.3) is 21.8 Å². The van der Waals surface area contributed by atoms with E-state index in [1.54, 1.807) is 70.0 Å². The maximum absolute atomic E-state index is 10.8.